The van der Waals surface area contributed by atoms with E-state index >= 15 is 0 Å². The van der Waals surface area contributed by atoms with Crippen LogP contribution in [0.1, 0.15) is 0 Å². The largest absolute Gasteiger partial charge is 0.479 e. The standard InChI is InChI=1S/C31H51N3O45S7/c1-62-27-9(33-81(44,45)46)13(37)17(6(67-27)3-64-84(53,54)55)69-31-22(76-86(59,60)61)16(40)21(24(74-31)26(42)43)72-29-10(34-82(47,48)49)19(75-77-78-79-80)18(7(68-29)4-65-85(56,57)58)70-30-15(39)14(38)20-23(73-30)25(41)32-8-12(36)11(35)5(66-28(8)71-20)2-63-83(50,51)52/h5-24,27-31,33-40,80H,2-4H2,1H3,(H,32,41)(H,42,43)(H,44,45,46)(H,47,48,49)(H,50,51,52)(H,53,54,55)(H,56,57,58)(H,59,60,61)/t5-,6-,7-,8+,9-,10-,11-,12-,13-,14-,15-,16+,17-,18-,19-,20?,21+,22-,23-,24-,27+,28+,29-,30-,31-/m1/s1. The first-order chi connectivity index (χ1) is 39.5. The number of thiol groups is 1. The van der Waals surface area contributed by atoms with E-state index in [-0.39, 0.29) is 0 Å². The molecule has 6 fully saturated rings. The SMILES string of the molecule is CO[C@H]1O[C@H](COS(=O)(=O)O)[C@@H](O[C@@H]2O[C@@H](C(=O)O)[C@@H](O[C@H]3O[C@H](COS(=O)(=O)O)[C@@H](O[C@@H]4O[C@H]5C(=O)N[C@@H]6[C@H](OC5[C@H](O)[C@H]4O)O[C@H](COS(=O)(=O)O)[C@@H](O)[C@@H]6O)[C@H](OOOOS)[C@H]3NS(=O)(=O)O)[C@H](O)[C@H]2OS(=O)(=O)O)[C@H](O)[C@H]1NS(=O)(=O)O. The lowest BCUT2D eigenvalue weighted by Gasteiger charge is -2.50. The Balaban J connectivity index is 1.38. The third-order valence-corrected chi connectivity index (χ3v) is 15.4. The van der Waals surface area contributed by atoms with Gasteiger partial charge < -0.3 is 88.4 Å². The molecule has 6 rings (SSSR count). The number of carbonyl (C=O) groups is 2. The molecule has 6 aliphatic heterocycles. The highest BCUT2D eigenvalue weighted by molar-refractivity contribution is 7.84. The first kappa shape index (κ1) is 72.8. The summed E-state index contributed by atoms with van der Waals surface area (Å²) in [6.45, 7) is -4.42. The zero-order valence-corrected chi connectivity index (χ0v) is 47.6. The predicted octanol–water partition coefficient (Wildman–Crippen LogP) is -12.3. The maximum absolute atomic E-state index is 13.7. The molecule has 0 aromatic heterocycles. The van der Waals surface area contributed by atoms with E-state index in [2.05, 4.69) is 49.4 Å². The van der Waals surface area contributed by atoms with Crippen molar-refractivity contribution < 1.29 is 207 Å². The fourth-order valence-electron chi connectivity index (χ4n) is 9.03. The van der Waals surface area contributed by atoms with Crippen molar-refractivity contribution in [2.24, 2.45) is 0 Å². The molecular weight excluding hydrogens is 1360 g/mol. The molecule has 0 bridgehead atoms. The van der Waals surface area contributed by atoms with Gasteiger partial charge in [-0.3, -0.25) is 32.1 Å². The van der Waals surface area contributed by atoms with Crippen LogP contribution in [-0.2, 0) is 155 Å². The molecule has 16 N–H and O–H groups in total. The molecule has 86 heavy (non-hydrogen) atoms. The Bertz CT molecular complexity index is 3040. The summed E-state index contributed by atoms with van der Waals surface area (Å²) in [4.78, 5) is 31.8. The Kier molecular flexibility index (Phi) is 24.3. The molecule has 0 saturated carbocycles. The van der Waals surface area contributed by atoms with Gasteiger partial charge in [0.15, 0.2) is 49.8 Å². The fourth-order valence-corrected chi connectivity index (χ4v) is 11.6. The van der Waals surface area contributed by atoms with Crippen LogP contribution in [0, 0.1) is 0 Å². The van der Waals surface area contributed by atoms with E-state index in [1.165, 1.54) is 9.44 Å². The molecular formula is C31H51N3O45S7. The number of hydrogen-bond acceptors (Lipinski definition) is 39. The third-order valence-electron chi connectivity index (χ3n) is 12.4. The van der Waals surface area contributed by atoms with Crippen molar-refractivity contribution in [3.8, 4) is 0 Å². The van der Waals surface area contributed by atoms with Crippen molar-refractivity contribution in [2.45, 2.75) is 153 Å². The van der Waals surface area contributed by atoms with Gasteiger partial charge in [0.05, 0.1) is 19.8 Å². The van der Waals surface area contributed by atoms with Gasteiger partial charge in [0.2, 0.25) is 0 Å². The van der Waals surface area contributed by atoms with Crippen LogP contribution in [0.4, 0.5) is 0 Å². The fraction of sp³-hybridized carbons (Fsp3) is 0.935. The van der Waals surface area contributed by atoms with Crippen LogP contribution in [0.3, 0.4) is 0 Å². The Morgan fingerprint density at radius 2 is 1.06 bits per heavy atom. The molecule has 1 amide bonds. The summed E-state index contributed by atoms with van der Waals surface area (Å²) in [5, 5.41) is 88.4. The number of aliphatic hydroxyl groups excluding tert-OH is 6. The van der Waals surface area contributed by atoms with Crippen LogP contribution in [-0.4, -0.2) is 306 Å². The van der Waals surface area contributed by atoms with Crippen LogP contribution >= 0.6 is 12.9 Å². The maximum atomic E-state index is 13.7. The lowest BCUT2D eigenvalue weighted by atomic mass is 9.94. The number of carboxylic acids is 1. The summed E-state index contributed by atoms with van der Waals surface area (Å²) < 4.78 is 279. The number of amides is 1. The van der Waals surface area contributed by atoms with Crippen LogP contribution in [0.15, 0.2) is 0 Å². The van der Waals surface area contributed by atoms with E-state index in [1.54, 1.807) is 0 Å². The van der Waals surface area contributed by atoms with E-state index in [0.29, 0.717) is 0 Å². The van der Waals surface area contributed by atoms with Crippen LogP contribution in [0.5, 0.6) is 0 Å². The molecule has 6 saturated heterocycles. The number of aliphatic hydroxyl groups is 6. The summed E-state index contributed by atoms with van der Waals surface area (Å²) in [7, 11) is -33.0. The number of ether oxygens (including phenoxy) is 10. The molecule has 25 atom stereocenters. The van der Waals surface area contributed by atoms with Crippen molar-refractivity contribution in [3.63, 3.8) is 0 Å². The first-order valence-corrected chi connectivity index (χ1v) is 31.5. The lowest BCUT2D eigenvalue weighted by molar-refractivity contribution is -0.620. The van der Waals surface area contributed by atoms with Gasteiger partial charge in [-0.25, -0.2) is 21.5 Å². The number of fused-ring (bicyclic) bond motifs is 2. The topological polar surface area (TPSA) is 704 Å². The van der Waals surface area contributed by atoms with Gasteiger partial charge in [-0.1, -0.05) is 0 Å². The smallest absolute Gasteiger partial charge is 0.397 e. The molecule has 0 aromatic rings. The van der Waals surface area contributed by atoms with Gasteiger partial charge in [0.25, 0.3) is 5.91 Å². The van der Waals surface area contributed by atoms with Crippen molar-refractivity contribution in [1.82, 2.24) is 14.8 Å². The number of aliphatic carboxylic acids is 1. The van der Waals surface area contributed by atoms with E-state index < -0.39 is 247 Å². The Morgan fingerprint density at radius 1 is 0.535 bits per heavy atom. The Labute approximate surface area is 486 Å². The number of carbonyl (C=O) groups excluding carboxylic acids is 1. The minimum absolute atomic E-state index is 0.783. The van der Waals surface area contributed by atoms with Crippen molar-refractivity contribution in [2.75, 3.05) is 26.9 Å². The quantitative estimate of drug-likeness (QED) is 0.00907. The van der Waals surface area contributed by atoms with Gasteiger partial charge in [-0.05, 0) is 10.1 Å². The molecule has 0 aromatic carbocycles. The van der Waals surface area contributed by atoms with E-state index in [9.17, 15) is 119 Å². The zero-order chi connectivity index (χ0) is 64.6. The third kappa shape index (κ3) is 19.4. The highest BCUT2D eigenvalue weighted by Crippen LogP contribution is 2.39. The first-order valence-electron chi connectivity index (χ1n) is 22.8. The molecule has 1 unspecified atom stereocenters. The number of methoxy groups -OCH3 is 1. The average molecular weight is 1410 g/mol. The summed E-state index contributed by atoms with van der Waals surface area (Å²) in [6, 6.07) is -6.96. The van der Waals surface area contributed by atoms with Gasteiger partial charge in [0.1, 0.15) is 104 Å². The molecule has 48 nitrogen and oxygen atoms in total. The predicted molar refractivity (Wildman–Crippen MR) is 248 cm³/mol. The molecule has 0 spiro atoms. The van der Waals surface area contributed by atoms with Crippen LogP contribution in [0.2, 0.25) is 0 Å². The summed E-state index contributed by atoms with van der Waals surface area (Å²) in [5.74, 6) is -3.81. The van der Waals surface area contributed by atoms with Crippen molar-refractivity contribution in [1.29, 1.82) is 0 Å². The molecule has 6 heterocycles. The molecule has 55 heteroatoms. The van der Waals surface area contributed by atoms with E-state index in [4.69, 9.17) is 56.8 Å². The lowest BCUT2D eigenvalue weighted by Crippen LogP contribution is -2.71. The number of nitrogens with one attached hydrogen (secondary N) is 3. The number of carboxylic acid groups (broad SMARTS) is 1. The highest BCUT2D eigenvalue weighted by atomic mass is 32.3. The van der Waals surface area contributed by atoms with E-state index in [1.807, 2.05) is 0 Å². The zero-order valence-electron chi connectivity index (χ0n) is 41.8. The van der Waals surface area contributed by atoms with Gasteiger partial charge in [-0.2, -0.15) is 64.8 Å². The van der Waals surface area contributed by atoms with Crippen LogP contribution in [0.25, 0.3) is 0 Å². The van der Waals surface area contributed by atoms with E-state index in [0.717, 1.165) is 7.11 Å². The van der Waals surface area contributed by atoms with Crippen molar-refractivity contribution >= 4 is 87.0 Å². The second kappa shape index (κ2) is 28.7. The van der Waals surface area contributed by atoms with Crippen LogP contribution < -0.4 is 14.8 Å². The Hall–Kier alpha value is -2.29. The van der Waals surface area contributed by atoms with Crippen molar-refractivity contribution in [3.05, 3.63) is 0 Å². The Morgan fingerprint density at radius 3 is 1.58 bits per heavy atom. The monoisotopic (exact) mass is 1410 g/mol. The highest BCUT2D eigenvalue weighted by Gasteiger charge is 2.62. The molecule has 0 radical (unpaired) electrons. The summed E-state index contributed by atoms with van der Waals surface area (Å²) in [5.41, 5.74) is 0. The maximum Gasteiger partial charge on any atom is 0.397 e. The number of hydrogen-bond donors (Lipinski definition) is 17. The summed E-state index contributed by atoms with van der Waals surface area (Å²) in [6.07, 6.45) is -56.1. The molecule has 6 aliphatic rings. The van der Waals surface area contributed by atoms with Gasteiger partial charge in [0, 0.05) is 20.0 Å². The van der Waals surface area contributed by atoms with Gasteiger partial charge >= 0.3 is 68.2 Å². The second-order valence-corrected chi connectivity index (χ2v) is 24.9. The number of rotatable bonds is 27. The summed E-state index contributed by atoms with van der Waals surface area (Å²) >= 11 is 3.20. The molecule has 502 valence electrons. The van der Waals surface area contributed by atoms with Gasteiger partial charge in [-0.15, -0.1) is 4.33 Å². The minimum Gasteiger partial charge on any atom is -0.479 e. The normalized spacial score (nSPS) is 40.4. The average Bonchev–Trinajstić information content (AvgIpc) is 1.29. The minimum atomic E-state index is -6.05. The molecule has 0 aliphatic carbocycles. The second-order valence-electron chi connectivity index (χ2n) is 18.1.